The number of likely N-dealkylation sites (N-methyl/N-ethyl adjacent to an activating group) is 1. The molecule has 1 aromatic rings. The maximum atomic E-state index is 13.0. The Bertz CT molecular complexity index is 486. The Morgan fingerprint density at radius 1 is 1.45 bits per heavy atom. The molecule has 0 aliphatic carbocycles. The number of nitrogens with zero attached hydrogens (tertiary/aromatic N) is 1. The molecular weight excluding hydrogens is 311 g/mol. The van der Waals surface area contributed by atoms with Crippen molar-refractivity contribution in [3.05, 3.63) is 35.6 Å². The molecule has 0 aromatic heterocycles. The Morgan fingerprint density at radius 2 is 2.14 bits per heavy atom. The maximum absolute atomic E-state index is 13.0. The molecule has 1 heterocycles. The van der Waals surface area contributed by atoms with Crippen LogP contribution in [0.3, 0.4) is 0 Å². The number of carbonyl (C=O) groups is 1. The molecule has 1 saturated heterocycles. The van der Waals surface area contributed by atoms with Gasteiger partial charge in [0.15, 0.2) is 0 Å². The van der Waals surface area contributed by atoms with Gasteiger partial charge in [0, 0.05) is 13.0 Å². The van der Waals surface area contributed by atoms with E-state index in [9.17, 15) is 14.3 Å². The van der Waals surface area contributed by atoms with Gasteiger partial charge in [0.05, 0.1) is 26.3 Å². The number of amides is 1. The molecule has 0 saturated carbocycles. The second-order valence-corrected chi connectivity index (χ2v) is 5.34. The summed E-state index contributed by atoms with van der Waals surface area (Å²) in [4.78, 5) is 13.7. The third-order valence-electron chi connectivity index (χ3n) is 3.66. The summed E-state index contributed by atoms with van der Waals surface area (Å²) >= 11 is 0. The number of halogens is 2. The highest BCUT2D eigenvalue weighted by Gasteiger charge is 2.37. The van der Waals surface area contributed by atoms with E-state index in [1.165, 1.54) is 12.1 Å². The first-order chi connectivity index (χ1) is 10.1. The number of benzene rings is 1. The smallest absolute Gasteiger partial charge is 0.236 e. The minimum Gasteiger partial charge on any atom is -0.393 e. The van der Waals surface area contributed by atoms with Gasteiger partial charge in [-0.3, -0.25) is 4.79 Å². The number of carbonyl (C=O) groups excluding carboxylic acids is 1. The average molecular weight is 333 g/mol. The van der Waals surface area contributed by atoms with Gasteiger partial charge in [-0.1, -0.05) is 12.1 Å². The Hall–Kier alpha value is -1.21. The summed E-state index contributed by atoms with van der Waals surface area (Å²) in [6, 6.07) is 6.11. The van der Waals surface area contributed by atoms with Crippen LogP contribution >= 0.6 is 12.4 Å². The summed E-state index contributed by atoms with van der Waals surface area (Å²) in [6.45, 7) is 1.32. The Kier molecular flexibility index (Phi) is 7.22. The predicted octanol–water partition coefficient (Wildman–Crippen LogP) is 0.599. The molecule has 0 radical (unpaired) electrons. The highest BCUT2D eigenvalue weighted by atomic mass is 35.5. The zero-order valence-corrected chi connectivity index (χ0v) is 13.4. The van der Waals surface area contributed by atoms with Gasteiger partial charge in [-0.2, -0.15) is 0 Å². The molecule has 124 valence electrons. The van der Waals surface area contributed by atoms with E-state index in [1.807, 2.05) is 0 Å². The molecule has 7 heteroatoms. The Balaban J connectivity index is 0.00000242. The van der Waals surface area contributed by atoms with Gasteiger partial charge in [0.1, 0.15) is 11.4 Å². The molecule has 1 aliphatic rings. The first kappa shape index (κ1) is 18.8. The molecular formula is C15H22ClFN2O3. The summed E-state index contributed by atoms with van der Waals surface area (Å²) in [5.41, 5.74) is 0.0489. The number of aliphatic hydroxyl groups is 1. The van der Waals surface area contributed by atoms with Crippen molar-refractivity contribution in [2.75, 3.05) is 39.9 Å². The van der Waals surface area contributed by atoms with Gasteiger partial charge in [-0.05, 0) is 24.7 Å². The number of morpholine rings is 1. The van der Waals surface area contributed by atoms with Crippen LogP contribution < -0.4 is 5.32 Å². The highest BCUT2D eigenvalue weighted by molar-refractivity contribution is 5.85. The molecule has 2 N–H and O–H groups in total. The third kappa shape index (κ3) is 4.64. The fourth-order valence-corrected chi connectivity index (χ4v) is 2.55. The number of ether oxygens (including phenoxy) is 1. The lowest BCUT2D eigenvalue weighted by Gasteiger charge is -2.42. The summed E-state index contributed by atoms with van der Waals surface area (Å²) in [6.07, 6.45) is 0.438. The Morgan fingerprint density at radius 3 is 2.73 bits per heavy atom. The van der Waals surface area contributed by atoms with Crippen molar-refractivity contribution >= 4 is 18.3 Å². The monoisotopic (exact) mass is 332 g/mol. The molecule has 0 spiro atoms. The van der Waals surface area contributed by atoms with Crippen LogP contribution in [0.4, 0.5) is 4.39 Å². The van der Waals surface area contributed by atoms with Crippen molar-refractivity contribution in [1.29, 1.82) is 0 Å². The van der Waals surface area contributed by atoms with Crippen LogP contribution in [-0.2, 0) is 16.0 Å². The number of aliphatic hydroxyl groups excluding tert-OH is 1. The van der Waals surface area contributed by atoms with E-state index in [1.54, 1.807) is 24.1 Å². The summed E-state index contributed by atoms with van der Waals surface area (Å²) in [5, 5.41) is 12.6. The SMILES string of the molecule is CNCC(=O)N1CCOC(CO)(Cc2ccc(F)cc2)C1.Cl. The second-order valence-electron chi connectivity index (χ2n) is 5.34. The molecule has 2 rings (SSSR count). The van der Waals surface area contributed by atoms with Gasteiger partial charge < -0.3 is 20.1 Å². The fraction of sp³-hybridized carbons (Fsp3) is 0.533. The molecule has 0 bridgehead atoms. The van der Waals surface area contributed by atoms with Crippen molar-refractivity contribution in [2.24, 2.45) is 0 Å². The zero-order chi connectivity index (χ0) is 15.3. The third-order valence-corrected chi connectivity index (χ3v) is 3.66. The first-order valence-electron chi connectivity index (χ1n) is 7.00. The van der Waals surface area contributed by atoms with Crippen LogP contribution in [0.1, 0.15) is 5.56 Å². The molecule has 22 heavy (non-hydrogen) atoms. The maximum Gasteiger partial charge on any atom is 0.236 e. The standard InChI is InChI=1S/C15H21FN2O3.ClH/c1-17-9-14(20)18-6-7-21-15(10-18,11-19)8-12-2-4-13(16)5-3-12;/h2-5,17,19H,6-11H2,1H3;1H. The lowest BCUT2D eigenvalue weighted by atomic mass is 9.93. The average Bonchev–Trinajstić information content (AvgIpc) is 2.50. The lowest BCUT2D eigenvalue weighted by molar-refractivity contribution is -0.157. The van der Waals surface area contributed by atoms with Crippen molar-refractivity contribution in [3.63, 3.8) is 0 Å². The van der Waals surface area contributed by atoms with E-state index in [0.29, 0.717) is 26.1 Å². The van der Waals surface area contributed by atoms with Gasteiger partial charge in [-0.15, -0.1) is 12.4 Å². The van der Waals surface area contributed by atoms with E-state index in [-0.39, 0.29) is 37.3 Å². The normalized spacial score (nSPS) is 21.3. The topological polar surface area (TPSA) is 61.8 Å². The largest absolute Gasteiger partial charge is 0.393 e. The fourth-order valence-electron chi connectivity index (χ4n) is 2.55. The summed E-state index contributed by atoms with van der Waals surface area (Å²) in [7, 11) is 1.72. The van der Waals surface area contributed by atoms with Crippen LogP contribution in [0, 0.1) is 5.82 Å². The number of hydrogen-bond acceptors (Lipinski definition) is 4. The zero-order valence-electron chi connectivity index (χ0n) is 12.5. The summed E-state index contributed by atoms with van der Waals surface area (Å²) in [5.74, 6) is -0.315. The van der Waals surface area contributed by atoms with Crippen molar-refractivity contribution in [3.8, 4) is 0 Å². The van der Waals surface area contributed by atoms with Gasteiger partial charge in [0.2, 0.25) is 5.91 Å². The Labute approximate surface area is 135 Å². The van der Waals surface area contributed by atoms with Crippen molar-refractivity contribution < 1.29 is 19.0 Å². The summed E-state index contributed by atoms with van der Waals surface area (Å²) < 4.78 is 18.7. The molecule has 5 nitrogen and oxygen atoms in total. The minimum atomic E-state index is -0.820. The van der Waals surface area contributed by atoms with Crippen LogP contribution in [-0.4, -0.2) is 61.4 Å². The minimum absolute atomic E-state index is 0. The van der Waals surface area contributed by atoms with Crippen molar-refractivity contribution in [2.45, 2.75) is 12.0 Å². The lowest BCUT2D eigenvalue weighted by Crippen LogP contribution is -2.57. The van der Waals surface area contributed by atoms with Crippen molar-refractivity contribution in [1.82, 2.24) is 10.2 Å². The molecule has 1 unspecified atom stereocenters. The molecule has 1 aliphatic heterocycles. The molecule has 1 aromatic carbocycles. The van der Waals surface area contributed by atoms with Gasteiger partial charge in [0.25, 0.3) is 0 Å². The van der Waals surface area contributed by atoms with Gasteiger partial charge in [-0.25, -0.2) is 4.39 Å². The van der Waals surface area contributed by atoms with Crippen LogP contribution in [0.15, 0.2) is 24.3 Å². The first-order valence-corrected chi connectivity index (χ1v) is 7.00. The van der Waals surface area contributed by atoms with E-state index < -0.39 is 5.60 Å². The molecule has 1 amide bonds. The van der Waals surface area contributed by atoms with E-state index in [0.717, 1.165) is 5.56 Å². The van der Waals surface area contributed by atoms with E-state index >= 15 is 0 Å². The second kappa shape index (κ2) is 8.43. The van der Waals surface area contributed by atoms with Crippen LogP contribution in [0.5, 0.6) is 0 Å². The quantitative estimate of drug-likeness (QED) is 0.829. The van der Waals surface area contributed by atoms with Gasteiger partial charge >= 0.3 is 0 Å². The predicted molar refractivity (Wildman–Crippen MR) is 83.6 cm³/mol. The molecule has 1 atom stereocenters. The number of hydrogen-bond donors (Lipinski definition) is 2. The number of rotatable bonds is 5. The highest BCUT2D eigenvalue weighted by Crippen LogP contribution is 2.23. The van der Waals surface area contributed by atoms with E-state index in [4.69, 9.17) is 4.74 Å². The van der Waals surface area contributed by atoms with Crippen LogP contribution in [0.2, 0.25) is 0 Å². The molecule has 1 fully saturated rings. The van der Waals surface area contributed by atoms with Crippen LogP contribution in [0.25, 0.3) is 0 Å². The van der Waals surface area contributed by atoms with E-state index in [2.05, 4.69) is 5.32 Å². The number of nitrogens with one attached hydrogen (secondary N) is 1.